The van der Waals surface area contributed by atoms with Crippen LogP contribution in [0.15, 0.2) is 48.5 Å². The lowest BCUT2D eigenvalue weighted by molar-refractivity contribution is -0.149. The largest absolute Gasteiger partial charge is 0.497 e. The number of amides is 1. The summed E-state index contributed by atoms with van der Waals surface area (Å²) < 4.78 is 15.6. The Morgan fingerprint density at radius 3 is 2.03 bits per heavy atom. The monoisotopic (exact) mass is 399 g/mol. The Kier molecular flexibility index (Phi) is 7.77. The molecule has 0 aliphatic heterocycles. The summed E-state index contributed by atoms with van der Waals surface area (Å²) in [4.78, 5) is 36.0. The topological polar surface area (TPSA) is 90.9 Å². The fourth-order valence-corrected chi connectivity index (χ4v) is 2.27. The van der Waals surface area contributed by atoms with Crippen molar-refractivity contribution in [3.8, 4) is 11.5 Å². The van der Waals surface area contributed by atoms with Crippen molar-refractivity contribution in [1.82, 2.24) is 0 Å². The zero-order valence-electron chi connectivity index (χ0n) is 16.9. The van der Waals surface area contributed by atoms with Crippen LogP contribution in [0.25, 0.3) is 0 Å². The van der Waals surface area contributed by atoms with Crippen LogP contribution in [-0.2, 0) is 14.3 Å². The number of anilines is 1. The molecule has 0 aromatic heterocycles. The number of carbonyl (C=O) groups excluding carboxylic acids is 3. The zero-order chi connectivity index (χ0) is 21.4. The number of Topliss-reactive ketones (excluding diaryl/α,β-unsaturated/α-hetero) is 1. The third kappa shape index (κ3) is 6.64. The van der Waals surface area contributed by atoms with Gasteiger partial charge in [0.05, 0.1) is 7.11 Å². The van der Waals surface area contributed by atoms with E-state index in [2.05, 4.69) is 5.32 Å². The highest BCUT2D eigenvalue weighted by atomic mass is 16.6. The number of benzene rings is 2. The van der Waals surface area contributed by atoms with Crippen molar-refractivity contribution >= 4 is 23.3 Å². The number of rotatable bonds is 9. The summed E-state index contributed by atoms with van der Waals surface area (Å²) >= 11 is 0. The van der Waals surface area contributed by atoms with E-state index < -0.39 is 18.7 Å². The van der Waals surface area contributed by atoms with Gasteiger partial charge in [0.1, 0.15) is 11.5 Å². The van der Waals surface area contributed by atoms with Crippen molar-refractivity contribution in [3.63, 3.8) is 0 Å². The second-order valence-electron chi connectivity index (χ2n) is 6.69. The predicted molar refractivity (Wildman–Crippen MR) is 108 cm³/mol. The average molecular weight is 399 g/mol. The van der Waals surface area contributed by atoms with E-state index in [4.69, 9.17) is 14.2 Å². The van der Waals surface area contributed by atoms with Gasteiger partial charge in [-0.25, -0.2) is 4.79 Å². The van der Waals surface area contributed by atoms with Gasteiger partial charge >= 0.3 is 5.97 Å². The van der Waals surface area contributed by atoms with Crippen LogP contribution < -0.4 is 14.8 Å². The summed E-state index contributed by atoms with van der Waals surface area (Å²) in [7, 11) is 1.56. The average Bonchev–Trinajstić information content (AvgIpc) is 2.72. The van der Waals surface area contributed by atoms with Crippen LogP contribution in [0.2, 0.25) is 0 Å². The number of methoxy groups -OCH3 is 1. The van der Waals surface area contributed by atoms with Gasteiger partial charge in [0, 0.05) is 17.2 Å². The van der Waals surface area contributed by atoms with Gasteiger partial charge in [0.2, 0.25) is 5.91 Å². The molecule has 2 rings (SSSR count). The van der Waals surface area contributed by atoms with Crippen molar-refractivity contribution < 1.29 is 28.6 Å². The minimum absolute atomic E-state index is 0.108. The summed E-state index contributed by atoms with van der Waals surface area (Å²) in [5.74, 6) is -0.0815. The van der Waals surface area contributed by atoms with Crippen LogP contribution in [0.3, 0.4) is 0 Å². The highest BCUT2D eigenvalue weighted by Gasteiger charge is 2.18. The maximum Gasteiger partial charge on any atom is 0.347 e. The molecule has 0 aliphatic rings. The first-order valence-corrected chi connectivity index (χ1v) is 9.21. The molecule has 7 nitrogen and oxygen atoms in total. The Bertz CT molecular complexity index is 843. The number of nitrogens with one attached hydrogen (secondary N) is 1. The number of ketones is 1. The molecule has 1 amide bonds. The summed E-state index contributed by atoms with van der Waals surface area (Å²) in [6.07, 6.45) is -0.871. The molecule has 2 aromatic carbocycles. The number of hydrogen-bond acceptors (Lipinski definition) is 6. The van der Waals surface area contributed by atoms with Crippen LogP contribution in [-0.4, -0.2) is 37.5 Å². The Hall–Kier alpha value is -3.35. The van der Waals surface area contributed by atoms with Crippen molar-refractivity contribution in [2.24, 2.45) is 5.92 Å². The minimum Gasteiger partial charge on any atom is -0.497 e. The highest BCUT2D eigenvalue weighted by Crippen LogP contribution is 2.18. The molecule has 7 heteroatoms. The zero-order valence-corrected chi connectivity index (χ0v) is 16.9. The molecule has 29 heavy (non-hydrogen) atoms. The fraction of sp³-hybridized carbons (Fsp3) is 0.318. The number of ether oxygens (including phenoxy) is 3. The van der Waals surface area contributed by atoms with Crippen LogP contribution in [0.5, 0.6) is 11.5 Å². The Morgan fingerprint density at radius 1 is 0.897 bits per heavy atom. The first-order valence-electron chi connectivity index (χ1n) is 9.21. The summed E-state index contributed by atoms with van der Waals surface area (Å²) in [5.41, 5.74) is 0.975. The van der Waals surface area contributed by atoms with Crippen molar-refractivity contribution in [3.05, 3.63) is 54.1 Å². The van der Waals surface area contributed by atoms with E-state index in [1.807, 2.05) is 0 Å². The van der Waals surface area contributed by atoms with Crippen molar-refractivity contribution in [2.75, 3.05) is 19.0 Å². The molecule has 1 atom stereocenters. The van der Waals surface area contributed by atoms with Crippen molar-refractivity contribution in [1.29, 1.82) is 0 Å². The Balaban J connectivity index is 1.83. The standard InChI is InChI=1S/C22H25NO6/c1-14(2)21(25)23-17-7-5-16(6-8-17)20(24)13-28-22(26)15(3)29-19-11-9-18(27-4)10-12-19/h5-12,14-15H,13H2,1-4H3,(H,23,25). The van der Waals surface area contributed by atoms with Gasteiger partial charge in [0.15, 0.2) is 18.5 Å². The van der Waals surface area contributed by atoms with Gasteiger partial charge in [-0.05, 0) is 55.5 Å². The lowest BCUT2D eigenvalue weighted by atomic mass is 10.1. The first-order chi connectivity index (χ1) is 13.8. The van der Waals surface area contributed by atoms with E-state index in [9.17, 15) is 14.4 Å². The molecule has 0 bridgehead atoms. The van der Waals surface area contributed by atoms with E-state index in [0.717, 1.165) is 0 Å². The normalized spacial score (nSPS) is 11.5. The van der Waals surface area contributed by atoms with E-state index in [0.29, 0.717) is 22.7 Å². The summed E-state index contributed by atoms with van der Waals surface area (Å²) in [5, 5.41) is 2.74. The summed E-state index contributed by atoms with van der Waals surface area (Å²) in [6.45, 7) is 4.73. The van der Waals surface area contributed by atoms with Crippen LogP contribution in [0, 0.1) is 5.92 Å². The van der Waals surface area contributed by atoms with E-state index in [-0.39, 0.29) is 17.6 Å². The van der Waals surface area contributed by atoms with Gasteiger partial charge in [-0.1, -0.05) is 13.8 Å². The molecule has 0 radical (unpaired) electrons. The minimum atomic E-state index is -0.871. The number of carbonyl (C=O) groups is 3. The maximum absolute atomic E-state index is 12.2. The van der Waals surface area contributed by atoms with Crippen molar-refractivity contribution in [2.45, 2.75) is 26.9 Å². The number of hydrogen-bond donors (Lipinski definition) is 1. The molecule has 0 aliphatic carbocycles. The lowest BCUT2D eigenvalue weighted by Gasteiger charge is -2.14. The van der Waals surface area contributed by atoms with Crippen LogP contribution in [0.4, 0.5) is 5.69 Å². The van der Waals surface area contributed by atoms with Gasteiger partial charge in [-0.3, -0.25) is 9.59 Å². The first kappa shape index (κ1) is 21.9. The molecule has 2 aromatic rings. The third-order valence-corrected chi connectivity index (χ3v) is 4.05. The third-order valence-electron chi connectivity index (χ3n) is 4.05. The number of esters is 1. The highest BCUT2D eigenvalue weighted by molar-refractivity contribution is 5.99. The molecular formula is C22H25NO6. The Morgan fingerprint density at radius 2 is 1.48 bits per heavy atom. The summed E-state index contributed by atoms with van der Waals surface area (Å²) in [6, 6.07) is 13.2. The quantitative estimate of drug-likeness (QED) is 0.513. The molecule has 0 saturated carbocycles. The molecular weight excluding hydrogens is 374 g/mol. The Labute approximate surface area is 170 Å². The van der Waals surface area contributed by atoms with Crippen LogP contribution in [0.1, 0.15) is 31.1 Å². The molecule has 1 N–H and O–H groups in total. The molecule has 0 fully saturated rings. The van der Waals surface area contributed by atoms with Gasteiger partial charge < -0.3 is 19.5 Å². The predicted octanol–water partition coefficient (Wildman–Crippen LogP) is 3.48. The van der Waals surface area contributed by atoms with E-state index in [1.165, 1.54) is 0 Å². The molecule has 0 heterocycles. The van der Waals surface area contributed by atoms with E-state index >= 15 is 0 Å². The van der Waals surface area contributed by atoms with Gasteiger partial charge in [-0.15, -0.1) is 0 Å². The smallest absolute Gasteiger partial charge is 0.347 e. The molecule has 1 unspecified atom stereocenters. The van der Waals surface area contributed by atoms with E-state index in [1.54, 1.807) is 76.4 Å². The van der Waals surface area contributed by atoms with Crippen LogP contribution >= 0.6 is 0 Å². The lowest BCUT2D eigenvalue weighted by Crippen LogP contribution is -2.28. The second kappa shape index (κ2) is 10.3. The fourth-order valence-electron chi connectivity index (χ4n) is 2.27. The molecule has 0 saturated heterocycles. The molecule has 0 spiro atoms. The second-order valence-corrected chi connectivity index (χ2v) is 6.69. The van der Waals surface area contributed by atoms with Gasteiger partial charge in [0.25, 0.3) is 0 Å². The SMILES string of the molecule is COc1ccc(OC(C)C(=O)OCC(=O)c2ccc(NC(=O)C(C)C)cc2)cc1. The maximum atomic E-state index is 12.2. The molecule has 154 valence electrons. The van der Waals surface area contributed by atoms with Gasteiger partial charge in [-0.2, -0.15) is 0 Å².